The number of fused-ring (bicyclic) bond motifs is 1. The van der Waals surface area contributed by atoms with Crippen molar-refractivity contribution >= 4 is 17.5 Å². The summed E-state index contributed by atoms with van der Waals surface area (Å²) in [5.74, 6) is -0.190. The predicted molar refractivity (Wildman–Crippen MR) is 94.9 cm³/mol. The summed E-state index contributed by atoms with van der Waals surface area (Å²) >= 11 is 0. The lowest BCUT2D eigenvalue weighted by molar-refractivity contribution is -0.120. The van der Waals surface area contributed by atoms with Crippen molar-refractivity contribution in [3.05, 3.63) is 64.7 Å². The van der Waals surface area contributed by atoms with Crippen molar-refractivity contribution in [2.75, 3.05) is 5.32 Å². The zero-order valence-electron chi connectivity index (χ0n) is 14.3. The number of nitrogens with zero attached hydrogens (tertiary/aromatic N) is 1. The summed E-state index contributed by atoms with van der Waals surface area (Å²) in [6.45, 7) is 6.37. The van der Waals surface area contributed by atoms with Crippen molar-refractivity contribution in [1.82, 2.24) is 4.90 Å². The number of aryl methyl sites for hydroxylation is 2. The molecule has 0 saturated carbocycles. The number of amides is 2. The molecule has 3 rings (SSSR count). The fourth-order valence-corrected chi connectivity index (χ4v) is 3.29. The Labute approximate surface area is 142 Å². The molecule has 0 aliphatic carbocycles. The van der Waals surface area contributed by atoms with Crippen LogP contribution in [0, 0.1) is 13.8 Å². The van der Waals surface area contributed by atoms with Crippen molar-refractivity contribution < 1.29 is 9.59 Å². The van der Waals surface area contributed by atoms with Gasteiger partial charge < -0.3 is 10.2 Å². The summed E-state index contributed by atoms with van der Waals surface area (Å²) in [7, 11) is 0. The van der Waals surface area contributed by atoms with Crippen LogP contribution < -0.4 is 5.32 Å². The monoisotopic (exact) mass is 322 g/mol. The number of hydrogen-bond donors (Lipinski definition) is 1. The van der Waals surface area contributed by atoms with Gasteiger partial charge in [0.1, 0.15) is 6.04 Å². The number of benzene rings is 2. The summed E-state index contributed by atoms with van der Waals surface area (Å²) in [6, 6.07) is 13.0. The van der Waals surface area contributed by atoms with E-state index in [9.17, 15) is 9.59 Å². The number of para-hydroxylation sites is 1. The van der Waals surface area contributed by atoms with E-state index < -0.39 is 6.04 Å². The largest absolute Gasteiger partial charge is 0.324 e. The Kier molecular flexibility index (Phi) is 4.38. The highest BCUT2D eigenvalue weighted by molar-refractivity contribution is 6.03. The van der Waals surface area contributed by atoms with Gasteiger partial charge in [0, 0.05) is 17.8 Å². The van der Waals surface area contributed by atoms with Crippen molar-refractivity contribution in [2.24, 2.45) is 0 Å². The number of hydrogen-bond acceptors (Lipinski definition) is 2. The van der Waals surface area contributed by atoms with Gasteiger partial charge in [-0.25, -0.2) is 0 Å². The molecule has 0 bridgehead atoms. The van der Waals surface area contributed by atoms with Crippen LogP contribution in [0.4, 0.5) is 5.69 Å². The van der Waals surface area contributed by atoms with Gasteiger partial charge in [-0.3, -0.25) is 9.59 Å². The molecule has 0 aromatic heterocycles. The molecule has 24 heavy (non-hydrogen) atoms. The third-order valence-corrected chi connectivity index (χ3v) is 4.64. The Morgan fingerprint density at radius 2 is 1.79 bits per heavy atom. The standard InChI is InChI=1S/C20H22N2O2/c1-4-17(19(23)21-18-13(2)8-7-9-14(18)3)22-12-15-10-5-6-11-16(15)20(22)24/h5-11,17H,4,12H2,1-3H3,(H,21,23)/t17-/m1/s1. The topological polar surface area (TPSA) is 49.4 Å². The molecule has 1 heterocycles. The number of nitrogens with one attached hydrogen (secondary N) is 1. The molecule has 0 fully saturated rings. The molecule has 0 unspecified atom stereocenters. The Balaban J connectivity index is 1.83. The van der Waals surface area contributed by atoms with Crippen molar-refractivity contribution in [1.29, 1.82) is 0 Å². The highest BCUT2D eigenvalue weighted by Gasteiger charge is 2.35. The van der Waals surface area contributed by atoms with Crippen LogP contribution in [0.15, 0.2) is 42.5 Å². The van der Waals surface area contributed by atoms with E-state index in [1.807, 2.05) is 63.2 Å². The van der Waals surface area contributed by atoms with Gasteiger partial charge in [-0.05, 0) is 43.0 Å². The van der Waals surface area contributed by atoms with Crippen LogP contribution in [0.1, 0.15) is 40.4 Å². The second-order valence-electron chi connectivity index (χ2n) is 6.27. The summed E-state index contributed by atoms with van der Waals surface area (Å²) < 4.78 is 0. The van der Waals surface area contributed by atoms with Gasteiger partial charge in [-0.1, -0.05) is 43.3 Å². The molecule has 1 aliphatic heterocycles. The van der Waals surface area contributed by atoms with Gasteiger partial charge in [-0.15, -0.1) is 0 Å². The first kappa shape index (κ1) is 16.2. The molecule has 2 amide bonds. The summed E-state index contributed by atoms with van der Waals surface area (Å²) in [4.78, 5) is 27.1. The Morgan fingerprint density at radius 1 is 1.12 bits per heavy atom. The fraction of sp³-hybridized carbons (Fsp3) is 0.300. The van der Waals surface area contributed by atoms with Gasteiger partial charge in [0.25, 0.3) is 5.91 Å². The summed E-state index contributed by atoms with van der Waals surface area (Å²) in [5, 5.41) is 3.02. The number of rotatable bonds is 4. The lowest BCUT2D eigenvalue weighted by atomic mass is 10.1. The lowest BCUT2D eigenvalue weighted by Crippen LogP contribution is -2.44. The minimum absolute atomic E-state index is 0.0610. The van der Waals surface area contributed by atoms with Crippen LogP contribution in [0.5, 0.6) is 0 Å². The zero-order chi connectivity index (χ0) is 17.3. The molecule has 1 atom stereocenters. The van der Waals surface area contributed by atoms with E-state index in [2.05, 4.69) is 5.32 Å². The molecule has 4 heteroatoms. The maximum absolute atomic E-state index is 12.8. The van der Waals surface area contributed by atoms with Gasteiger partial charge in [0.2, 0.25) is 5.91 Å². The quantitative estimate of drug-likeness (QED) is 0.933. The Hall–Kier alpha value is -2.62. The van der Waals surface area contributed by atoms with E-state index in [0.717, 1.165) is 22.4 Å². The first-order chi connectivity index (χ1) is 11.5. The van der Waals surface area contributed by atoms with Gasteiger partial charge in [-0.2, -0.15) is 0 Å². The summed E-state index contributed by atoms with van der Waals surface area (Å²) in [6.07, 6.45) is 0.580. The fourth-order valence-electron chi connectivity index (χ4n) is 3.29. The molecular formula is C20H22N2O2. The number of carbonyl (C=O) groups excluding carboxylic acids is 2. The molecule has 2 aromatic carbocycles. The van der Waals surface area contributed by atoms with E-state index >= 15 is 0 Å². The second-order valence-corrected chi connectivity index (χ2v) is 6.27. The van der Waals surface area contributed by atoms with Crippen molar-refractivity contribution in [3.63, 3.8) is 0 Å². The van der Waals surface area contributed by atoms with Gasteiger partial charge in [0.05, 0.1) is 0 Å². The highest BCUT2D eigenvalue weighted by atomic mass is 16.2. The minimum atomic E-state index is -0.469. The number of anilines is 1. The Morgan fingerprint density at radius 3 is 2.42 bits per heavy atom. The van der Waals surface area contributed by atoms with Crippen LogP contribution in [-0.2, 0) is 11.3 Å². The van der Waals surface area contributed by atoms with Gasteiger partial charge >= 0.3 is 0 Å². The Bertz CT molecular complexity index is 778. The smallest absolute Gasteiger partial charge is 0.255 e. The van der Waals surface area contributed by atoms with Crippen LogP contribution >= 0.6 is 0 Å². The molecule has 0 saturated heterocycles. The minimum Gasteiger partial charge on any atom is -0.324 e. The molecule has 0 spiro atoms. The third-order valence-electron chi connectivity index (χ3n) is 4.64. The van der Waals surface area contributed by atoms with E-state index in [1.54, 1.807) is 4.90 Å². The summed E-state index contributed by atoms with van der Waals surface area (Å²) in [5.41, 5.74) is 4.57. The van der Waals surface area contributed by atoms with Crippen LogP contribution in [0.25, 0.3) is 0 Å². The maximum atomic E-state index is 12.8. The molecule has 0 radical (unpaired) electrons. The lowest BCUT2D eigenvalue weighted by Gasteiger charge is -2.26. The van der Waals surface area contributed by atoms with Crippen LogP contribution in [0.2, 0.25) is 0 Å². The van der Waals surface area contributed by atoms with E-state index in [-0.39, 0.29) is 11.8 Å². The van der Waals surface area contributed by atoms with Crippen LogP contribution in [0.3, 0.4) is 0 Å². The van der Waals surface area contributed by atoms with E-state index in [0.29, 0.717) is 18.5 Å². The SMILES string of the molecule is CC[C@H](C(=O)Nc1c(C)cccc1C)N1Cc2ccccc2C1=O. The average molecular weight is 322 g/mol. The second kappa shape index (κ2) is 6.48. The third kappa shape index (κ3) is 2.80. The molecule has 124 valence electrons. The van der Waals surface area contributed by atoms with Crippen LogP contribution in [-0.4, -0.2) is 22.8 Å². The molecule has 1 N–H and O–H groups in total. The average Bonchev–Trinajstić information content (AvgIpc) is 2.89. The van der Waals surface area contributed by atoms with Crippen molar-refractivity contribution in [3.8, 4) is 0 Å². The molecular weight excluding hydrogens is 300 g/mol. The first-order valence-electron chi connectivity index (χ1n) is 8.29. The molecule has 1 aliphatic rings. The normalized spacial score (nSPS) is 14.5. The van der Waals surface area contributed by atoms with Crippen molar-refractivity contribution in [2.45, 2.75) is 39.8 Å². The van der Waals surface area contributed by atoms with Gasteiger partial charge in [0.15, 0.2) is 0 Å². The first-order valence-corrected chi connectivity index (χ1v) is 8.29. The predicted octanol–water partition coefficient (Wildman–Crippen LogP) is 3.68. The van der Waals surface area contributed by atoms with E-state index in [1.165, 1.54) is 0 Å². The highest BCUT2D eigenvalue weighted by Crippen LogP contribution is 2.27. The maximum Gasteiger partial charge on any atom is 0.255 e. The molecule has 4 nitrogen and oxygen atoms in total. The number of carbonyl (C=O) groups is 2. The molecule has 2 aromatic rings. The van der Waals surface area contributed by atoms with E-state index in [4.69, 9.17) is 0 Å². The zero-order valence-corrected chi connectivity index (χ0v) is 14.3.